The van der Waals surface area contributed by atoms with Gasteiger partial charge in [0.1, 0.15) is 4.90 Å². The predicted octanol–water partition coefficient (Wildman–Crippen LogP) is 1.03. The smallest absolute Gasteiger partial charge is 1.00 e. The average Bonchev–Trinajstić information content (AvgIpc) is 2.64. The molecule has 166 valence electrons. The Labute approximate surface area is 211 Å². The summed E-state index contributed by atoms with van der Waals surface area (Å²) in [4.78, 5) is 26.0. The van der Waals surface area contributed by atoms with Gasteiger partial charge >= 0.3 is 29.6 Å². The van der Waals surface area contributed by atoms with Gasteiger partial charge in [0, 0.05) is 22.9 Å². The first kappa shape index (κ1) is 24.9. The number of anilines is 2. The molecule has 2 aliphatic carbocycles. The number of carbonyl (C=O) groups is 2. The molecule has 1 fully saturated rings. The van der Waals surface area contributed by atoms with E-state index in [2.05, 4.69) is 26.1 Å². The van der Waals surface area contributed by atoms with E-state index in [0.29, 0.717) is 5.92 Å². The summed E-state index contributed by atoms with van der Waals surface area (Å²) in [7, 11) is -4.71. The molecule has 4 N–H and O–H groups in total. The molecule has 2 atom stereocenters. The first-order valence-corrected chi connectivity index (χ1v) is 11.7. The van der Waals surface area contributed by atoms with E-state index in [4.69, 9.17) is 5.73 Å². The van der Waals surface area contributed by atoms with Gasteiger partial charge in [-0.05, 0) is 36.7 Å². The fraction of sp³-hybridized carbons (Fsp3) is 0.391. The molecule has 0 aromatic heterocycles. The van der Waals surface area contributed by atoms with Crippen LogP contribution in [0.2, 0.25) is 0 Å². The van der Waals surface area contributed by atoms with E-state index in [1.807, 2.05) is 0 Å². The number of nitrogen functional groups attached to an aromatic ring is 1. The van der Waals surface area contributed by atoms with Gasteiger partial charge in [-0.3, -0.25) is 14.1 Å². The van der Waals surface area contributed by atoms with E-state index in [1.54, 1.807) is 18.2 Å². The maximum absolute atomic E-state index is 13.4. The van der Waals surface area contributed by atoms with Crippen molar-refractivity contribution in [2.45, 2.75) is 51.0 Å². The van der Waals surface area contributed by atoms with Gasteiger partial charge in [-0.2, -0.15) is 8.42 Å². The molecule has 4 rings (SSSR count). The Morgan fingerprint density at radius 1 is 1.09 bits per heavy atom. The van der Waals surface area contributed by atoms with Gasteiger partial charge in [-0.1, -0.05) is 45.0 Å². The van der Waals surface area contributed by atoms with Crippen LogP contribution in [0.4, 0.5) is 11.4 Å². The second-order valence-electron chi connectivity index (χ2n) is 9.52. The number of hydrogen-bond donors (Lipinski definition) is 3. The summed E-state index contributed by atoms with van der Waals surface area (Å²) in [6.07, 6.45) is 2.71. The van der Waals surface area contributed by atoms with E-state index in [9.17, 15) is 22.6 Å². The molecule has 0 saturated heterocycles. The summed E-state index contributed by atoms with van der Waals surface area (Å²) < 4.78 is 33.8. The van der Waals surface area contributed by atoms with Crippen LogP contribution in [-0.2, 0) is 10.1 Å². The Morgan fingerprint density at radius 3 is 2.19 bits per heavy atom. The van der Waals surface area contributed by atoms with E-state index in [1.165, 1.54) is 12.1 Å². The molecule has 2 aliphatic rings. The standard InChI is InChI=1S/C23H26N2O5S.Na.H/c1-12-8-13(11-23(2,3)10-12)25-16-9-17(31(28,29)30)20(24)19-18(16)21(26)14-6-4-5-7-15(14)22(19)27;;/h4-7,9,12-13,25H,8,10-11,24H2,1-3H3,(H,28,29,30);;/q;+1;-1. The zero-order valence-electron chi connectivity index (χ0n) is 19.7. The number of benzene rings is 2. The minimum absolute atomic E-state index is 0. The molecule has 7 nitrogen and oxygen atoms in total. The molecule has 2 unspecified atom stereocenters. The quantitative estimate of drug-likeness (QED) is 0.299. The van der Waals surface area contributed by atoms with Gasteiger partial charge in [0.2, 0.25) is 0 Å². The number of nitrogens with one attached hydrogen (secondary N) is 1. The molecule has 0 amide bonds. The molecular weight excluding hydrogens is 439 g/mol. The third-order valence-corrected chi connectivity index (χ3v) is 7.12. The number of carbonyl (C=O) groups excluding carboxylic acids is 2. The summed E-state index contributed by atoms with van der Waals surface area (Å²) in [6, 6.07) is 7.53. The second kappa shape index (κ2) is 8.57. The first-order valence-electron chi connectivity index (χ1n) is 10.3. The fourth-order valence-corrected chi connectivity index (χ4v) is 5.94. The average molecular weight is 467 g/mol. The molecule has 0 heterocycles. The van der Waals surface area contributed by atoms with E-state index >= 15 is 0 Å². The molecule has 2 aromatic carbocycles. The minimum Gasteiger partial charge on any atom is -1.00 e. The van der Waals surface area contributed by atoms with Crippen molar-refractivity contribution in [3.8, 4) is 0 Å². The Bertz CT molecular complexity index is 1230. The molecule has 0 radical (unpaired) electrons. The third-order valence-electron chi connectivity index (χ3n) is 6.22. The van der Waals surface area contributed by atoms with E-state index in [0.717, 1.165) is 19.3 Å². The zero-order chi connectivity index (χ0) is 22.7. The Balaban J connectivity index is 0.00000193. The van der Waals surface area contributed by atoms with Crippen LogP contribution in [0.1, 0.15) is 73.3 Å². The largest absolute Gasteiger partial charge is 1.00 e. The van der Waals surface area contributed by atoms with Crippen LogP contribution in [0.25, 0.3) is 0 Å². The molecule has 0 aliphatic heterocycles. The minimum atomic E-state index is -4.71. The van der Waals surface area contributed by atoms with Crippen molar-refractivity contribution in [2.24, 2.45) is 11.3 Å². The molecule has 0 bridgehead atoms. The van der Waals surface area contributed by atoms with Gasteiger partial charge in [0.25, 0.3) is 10.1 Å². The fourth-order valence-electron chi connectivity index (χ4n) is 5.30. The summed E-state index contributed by atoms with van der Waals surface area (Å²) >= 11 is 0. The van der Waals surface area contributed by atoms with Crippen molar-refractivity contribution < 1.29 is 53.5 Å². The number of hydrogen-bond acceptors (Lipinski definition) is 6. The molecule has 9 heteroatoms. The van der Waals surface area contributed by atoms with Crippen LogP contribution < -0.4 is 40.6 Å². The van der Waals surface area contributed by atoms with Crippen molar-refractivity contribution in [1.82, 2.24) is 0 Å². The topological polar surface area (TPSA) is 127 Å². The van der Waals surface area contributed by atoms with Crippen molar-refractivity contribution in [2.75, 3.05) is 11.1 Å². The molecular formula is C23H27N2NaO5S. The summed E-state index contributed by atoms with van der Waals surface area (Å²) in [6.45, 7) is 6.50. The van der Waals surface area contributed by atoms with Crippen LogP contribution >= 0.6 is 0 Å². The van der Waals surface area contributed by atoms with Gasteiger partial charge in [-0.15, -0.1) is 0 Å². The molecule has 32 heavy (non-hydrogen) atoms. The van der Waals surface area contributed by atoms with Gasteiger partial charge in [0.15, 0.2) is 11.6 Å². The summed E-state index contributed by atoms with van der Waals surface area (Å²) in [5.74, 6) is -0.497. The van der Waals surface area contributed by atoms with Crippen LogP contribution in [-0.4, -0.2) is 30.6 Å². The van der Waals surface area contributed by atoms with Crippen molar-refractivity contribution in [1.29, 1.82) is 0 Å². The van der Waals surface area contributed by atoms with Gasteiger partial charge < -0.3 is 12.5 Å². The Morgan fingerprint density at radius 2 is 1.66 bits per heavy atom. The maximum atomic E-state index is 13.4. The summed E-state index contributed by atoms with van der Waals surface area (Å²) in [5, 5.41) is 3.31. The maximum Gasteiger partial charge on any atom is 1.00 e. The monoisotopic (exact) mass is 466 g/mol. The number of ketones is 2. The summed E-state index contributed by atoms with van der Waals surface area (Å²) in [5.41, 5.74) is 6.19. The van der Waals surface area contributed by atoms with E-state index < -0.39 is 32.3 Å². The van der Waals surface area contributed by atoms with E-state index in [-0.39, 0.29) is 70.4 Å². The molecule has 1 saturated carbocycles. The van der Waals surface area contributed by atoms with Crippen molar-refractivity contribution >= 4 is 33.1 Å². The third kappa shape index (κ3) is 4.39. The number of rotatable bonds is 3. The van der Waals surface area contributed by atoms with Crippen molar-refractivity contribution in [3.05, 3.63) is 52.6 Å². The number of fused-ring (bicyclic) bond motifs is 2. The van der Waals surface area contributed by atoms with Gasteiger partial charge in [-0.25, -0.2) is 0 Å². The van der Waals surface area contributed by atoms with Crippen molar-refractivity contribution in [3.63, 3.8) is 0 Å². The number of nitrogens with two attached hydrogens (primary N) is 1. The molecule has 0 spiro atoms. The Kier molecular flexibility index (Phi) is 6.68. The van der Waals surface area contributed by atoms with Gasteiger partial charge in [0.05, 0.1) is 16.8 Å². The predicted molar refractivity (Wildman–Crippen MR) is 119 cm³/mol. The van der Waals surface area contributed by atoms with Crippen LogP contribution in [0.5, 0.6) is 0 Å². The SMILES string of the molecule is CC1CC(Nc2cc(S(=O)(=O)O)c(N)c3c2C(=O)c2ccccc2C3=O)CC(C)(C)C1.[H-].[Na+]. The van der Waals surface area contributed by atoms with Crippen LogP contribution in [0.3, 0.4) is 0 Å². The van der Waals surface area contributed by atoms with Crippen LogP contribution in [0, 0.1) is 11.3 Å². The first-order chi connectivity index (χ1) is 14.4. The van der Waals surface area contributed by atoms with Crippen LogP contribution in [0.15, 0.2) is 35.2 Å². The Hall–Kier alpha value is -1.71. The molecule has 2 aromatic rings. The second-order valence-corrected chi connectivity index (χ2v) is 10.9. The normalized spacial score (nSPS) is 21.9. The zero-order valence-corrected chi connectivity index (χ0v) is 21.5.